The van der Waals surface area contributed by atoms with Crippen LogP contribution >= 0.6 is 0 Å². The van der Waals surface area contributed by atoms with E-state index in [0.717, 1.165) is 32.1 Å². The first-order chi connectivity index (χ1) is 8.75. The number of carboxylic acid groups (broad SMARTS) is 1. The molecular formula is C12H24N2O4S. The Morgan fingerprint density at radius 1 is 1.26 bits per heavy atom. The molecule has 0 aromatic carbocycles. The van der Waals surface area contributed by atoms with Gasteiger partial charge in [-0.3, -0.25) is 4.79 Å². The van der Waals surface area contributed by atoms with Crippen molar-refractivity contribution in [3.05, 3.63) is 0 Å². The number of carbonyl (C=O) groups is 1. The average molecular weight is 292 g/mol. The summed E-state index contributed by atoms with van der Waals surface area (Å²) in [6, 6.07) is -0.605. The molecule has 0 amide bonds. The van der Waals surface area contributed by atoms with Gasteiger partial charge in [-0.1, -0.05) is 26.2 Å². The number of carboxylic acids is 1. The predicted molar refractivity (Wildman–Crippen MR) is 73.0 cm³/mol. The monoisotopic (exact) mass is 292 g/mol. The molecule has 0 heterocycles. The van der Waals surface area contributed by atoms with Crippen molar-refractivity contribution in [1.82, 2.24) is 9.03 Å². The van der Waals surface area contributed by atoms with Crippen molar-refractivity contribution in [1.29, 1.82) is 0 Å². The van der Waals surface area contributed by atoms with Crippen molar-refractivity contribution in [2.24, 2.45) is 5.92 Å². The van der Waals surface area contributed by atoms with E-state index in [0.29, 0.717) is 0 Å². The first-order valence-electron chi connectivity index (χ1n) is 6.74. The molecular weight excluding hydrogens is 268 g/mol. The summed E-state index contributed by atoms with van der Waals surface area (Å²) in [4.78, 5) is 10.8. The maximum Gasteiger partial charge on any atom is 0.307 e. The quantitative estimate of drug-likeness (QED) is 0.770. The highest BCUT2D eigenvalue weighted by atomic mass is 32.2. The summed E-state index contributed by atoms with van der Waals surface area (Å²) in [6.07, 6.45) is 5.00. The molecule has 0 aromatic heterocycles. The minimum absolute atomic E-state index is 0.0265. The summed E-state index contributed by atoms with van der Waals surface area (Å²) < 4.78 is 28.2. The summed E-state index contributed by atoms with van der Waals surface area (Å²) in [5.41, 5.74) is 0. The summed E-state index contributed by atoms with van der Waals surface area (Å²) in [7, 11) is -2.05. The van der Waals surface area contributed by atoms with Gasteiger partial charge in [-0.25, -0.2) is 0 Å². The van der Waals surface area contributed by atoms with E-state index in [1.54, 1.807) is 14.0 Å². The predicted octanol–water partition coefficient (Wildman–Crippen LogP) is 1.19. The topological polar surface area (TPSA) is 86.7 Å². The molecule has 0 bridgehead atoms. The zero-order valence-corrected chi connectivity index (χ0v) is 12.6. The molecule has 112 valence electrons. The van der Waals surface area contributed by atoms with Gasteiger partial charge in [0.1, 0.15) is 0 Å². The van der Waals surface area contributed by atoms with E-state index in [4.69, 9.17) is 5.11 Å². The molecule has 1 saturated carbocycles. The lowest BCUT2D eigenvalue weighted by atomic mass is 9.96. The van der Waals surface area contributed by atoms with E-state index in [2.05, 4.69) is 4.72 Å². The van der Waals surface area contributed by atoms with Crippen molar-refractivity contribution < 1.29 is 18.3 Å². The molecule has 1 aliphatic carbocycles. The van der Waals surface area contributed by atoms with Crippen LogP contribution in [-0.2, 0) is 15.0 Å². The van der Waals surface area contributed by atoms with E-state index in [-0.39, 0.29) is 6.04 Å². The third-order valence-corrected chi connectivity index (χ3v) is 5.67. The van der Waals surface area contributed by atoms with Crippen LogP contribution in [0.25, 0.3) is 0 Å². The molecule has 7 heteroatoms. The van der Waals surface area contributed by atoms with E-state index in [1.807, 2.05) is 0 Å². The second-order valence-electron chi connectivity index (χ2n) is 5.35. The molecule has 0 radical (unpaired) electrons. The van der Waals surface area contributed by atoms with E-state index in [9.17, 15) is 13.2 Å². The minimum Gasteiger partial charge on any atom is -0.481 e. The van der Waals surface area contributed by atoms with E-state index < -0.39 is 28.1 Å². The van der Waals surface area contributed by atoms with Crippen molar-refractivity contribution in [3.63, 3.8) is 0 Å². The Balaban J connectivity index is 2.66. The van der Waals surface area contributed by atoms with Crippen molar-refractivity contribution in [2.75, 3.05) is 7.05 Å². The highest BCUT2D eigenvalue weighted by molar-refractivity contribution is 7.87. The number of hydrogen-bond acceptors (Lipinski definition) is 3. The number of nitrogens with one attached hydrogen (secondary N) is 1. The fraction of sp³-hybridized carbons (Fsp3) is 0.917. The lowest BCUT2D eigenvalue weighted by Gasteiger charge is -2.31. The summed E-state index contributed by atoms with van der Waals surface area (Å²) in [5.74, 6) is -1.76. The molecule has 0 aromatic rings. The van der Waals surface area contributed by atoms with Crippen molar-refractivity contribution in [3.8, 4) is 0 Å². The van der Waals surface area contributed by atoms with Gasteiger partial charge < -0.3 is 5.11 Å². The lowest BCUT2D eigenvalue weighted by Crippen LogP contribution is -2.49. The molecule has 2 atom stereocenters. The van der Waals surface area contributed by atoms with Crippen LogP contribution in [0.4, 0.5) is 0 Å². The highest BCUT2D eigenvalue weighted by Gasteiger charge is 2.31. The fourth-order valence-corrected chi connectivity index (χ4v) is 3.72. The third-order valence-electron chi connectivity index (χ3n) is 3.94. The first-order valence-corrected chi connectivity index (χ1v) is 8.18. The normalized spacial score (nSPS) is 21.3. The Bertz CT molecular complexity index is 404. The first kappa shape index (κ1) is 16.4. The van der Waals surface area contributed by atoms with Gasteiger partial charge in [0, 0.05) is 19.1 Å². The number of hydrogen-bond donors (Lipinski definition) is 2. The Morgan fingerprint density at radius 3 is 2.26 bits per heavy atom. The van der Waals surface area contributed by atoms with Crippen LogP contribution in [0, 0.1) is 5.92 Å². The van der Waals surface area contributed by atoms with Crippen LogP contribution in [0.15, 0.2) is 0 Å². The van der Waals surface area contributed by atoms with Crippen molar-refractivity contribution >= 4 is 16.2 Å². The number of nitrogens with zero attached hydrogens (tertiary/aromatic N) is 1. The second-order valence-corrected chi connectivity index (χ2v) is 7.11. The average Bonchev–Trinajstić information content (AvgIpc) is 2.37. The van der Waals surface area contributed by atoms with E-state index >= 15 is 0 Å². The summed E-state index contributed by atoms with van der Waals surface area (Å²) in [5, 5.41) is 8.89. The van der Waals surface area contributed by atoms with Crippen LogP contribution in [-0.4, -0.2) is 42.9 Å². The fourth-order valence-electron chi connectivity index (χ4n) is 2.27. The molecule has 2 N–H and O–H groups in total. The van der Waals surface area contributed by atoms with Gasteiger partial charge in [0.15, 0.2) is 0 Å². The molecule has 1 fully saturated rings. The Labute approximate surface area is 115 Å². The Morgan fingerprint density at radius 2 is 1.79 bits per heavy atom. The van der Waals surface area contributed by atoms with Crippen molar-refractivity contribution in [2.45, 2.75) is 58.0 Å². The second kappa shape index (κ2) is 6.67. The van der Waals surface area contributed by atoms with Crippen LogP contribution in [0.1, 0.15) is 46.0 Å². The number of aliphatic carboxylic acids is 1. The molecule has 2 unspecified atom stereocenters. The van der Waals surface area contributed by atoms with E-state index in [1.165, 1.54) is 11.2 Å². The standard InChI is InChI=1S/C12H24N2O4S/c1-9(12(15)16)10(2)13-19(17,18)14(3)11-7-5-4-6-8-11/h9-11,13H,4-8H2,1-3H3,(H,15,16). The highest BCUT2D eigenvalue weighted by Crippen LogP contribution is 2.23. The molecule has 0 aliphatic heterocycles. The zero-order chi connectivity index (χ0) is 14.6. The molecule has 6 nitrogen and oxygen atoms in total. The van der Waals surface area contributed by atoms with Crippen LogP contribution in [0.2, 0.25) is 0 Å². The summed E-state index contributed by atoms with van der Waals surface area (Å²) >= 11 is 0. The van der Waals surface area contributed by atoms with Crippen LogP contribution in [0.3, 0.4) is 0 Å². The minimum atomic E-state index is -3.62. The molecule has 1 aliphatic rings. The molecule has 19 heavy (non-hydrogen) atoms. The van der Waals surface area contributed by atoms with Crippen LogP contribution < -0.4 is 4.72 Å². The summed E-state index contributed by atoms with van der Waals surface area (Å²) in [6.45, 7) is 3.07. The third kappa shape index (κ3) is 4.43. The van der Waals surface area contributed by atoms with Gasteiger partial charge in [-0.2, -0.15) is 17.4 Å². The van der Waals surface area contributed by atoms with Gasteiger partial charge in [-0.15, -0.1) is 0 Å². The molecule has 0 saturated heterocycles. The van der Waals surface area contributed by atoms with Crippen LogP contribution in [0.5, 0.6) is 0 Å². The van der Waals surface area contributed by atoms with Gasteiger partial charge in [0.05, 0.1) is 5.92 Å². The van der Waals surface area contributed by atoms with Gasteiger partial charge in [0.2, 0.25) is 0 Å². The van der Waals surface area contributed by atoms with Gasteiger partial charge in [0.25, 0.3) is 10.2 Å². The number of rotatable bonds is 6. The van der Waals surface area contributed by atoms with Gasteiger partial charge in [-0.05, 0) is 19.8 Å². The SMILES string of the molecule is CC(NS(=O)(=O)N(C)C1CCCCC1)C(C)C(=O)O. The Hall–Kier alpha value is -0.660. The maximum absolute atomic E-state index is 12.2. The largest absolute Gasteiger partial charge is 0.481 e. The van der Waals surface area contributed by atoms with Gasteiger partial charge >= 0.3 is 5.97 Å². The zero-order valence-electron chi connectivity index (χ0n) is 11.8. The Kier molecular flexibility index (Phi) is 5.76. The smallest absolute Gasteiger partial charge is 0.307 e. The molecule has 1 rings (SSSR count). The maximum atomic E-state index is 12.2. The molecule has 0 spiro atoms. The lowest BCUT2D eigenvalue weighted by molar-refractivity contribution is -0.141.